The molecule has 0 bridgehead atoms. The number of benzene rings is 2. The minimum Gasteiger partial charge on any atom is -0.491 e. The highest BCUT2D eigenvalue weighted by Gasteiger charge is 2.19. The summed E-state index contributed by atoms with van der Waals surface area (Å²) in [5.74, 6) is -1.93. The SMILES string of the molecule is Cc1cc(N2CCOCC2)ccc1NS(=O)(=O)c1ccc(OCCCC(=O)O)c(F)c1. The number of anilines is 2. The van der Waals surface area contributed by atoms with Crippen LogP contribution in [-0.2, 0) is 19.6 Å². The fourth-order valence-corrected chi connectivity index (χ4v) is 4.30. The minimum absolute atomic E-state index is 0.0161. The third-order valence-electron chi connectivity index (χ3n) is 4.84. The second-order valence-electron chi connectivity index (χ2n) is 7.14. The Balaban J connectivity index is 1.68. The molecule has 31 heavy (non-hydrogen) atoms. The molecule has 1 aliphatic heterocycles. The molecule has 1 heterocycles. The molecule has 0 radical (unpaired) electrons. The quantitative estimate of drug-likeness (QED) is 0.564. The van der Waals surface area contributed by atoms with E-state index >= 15 is 0 Å². The Morgan fingerprint density at radius 3 is 2.61 bits per heavy atom. The first-order chi connectivity index (χ1) is 14.8. The molecule has 2 aromatic carbocycles. The zero-order chi connectivity index (χ0) is 22.4. The van der Waals surface area contributed by atoms with Crippen molar-refractivity contribution in [2.75, 3.05) is 42.5 Å². The number of ether oxygens (including phenoxy) is 2. The number of aliphatic carboxylic acids is 1. The standard InChI is InChI=1S/C21H25FN2O6S/c1-15-13-16(24-8-11-29-12-9-24)4-6-19(15)23-31(27,28)17-5-7-20(18(22)14-17)30-10-2-3-21(25)26/h4-7,13-14,23H,2-3,8-12H2,1H3,(H,25,26). The maximum Gasteiger partial charge on any atom is 0.303 e. The van der Waals surface area contributed by atoms with E-state index in [0.29, 0.717) is 18.9 Å². The molecule has 2 N–H and O–H groups in total. The van der Waals surface area contributed by atoms with E-state index < -0.39 is 21.8 Å². The summed E-state index contributed by atoms with van der Waals surface area (Å²) >= 11 is 0. The van der Waals surface area contributed by atoms with Crippen molar-refractivity contribution in [3.63, 3.8) is 0 Å². The van der Waals surface area contributed by atoms with Gasteiger partial charge in [0.1, 0.15) is 0 Å². The molecule has 2 aromatic rings. The number of nitrogens with zero attached hydrogens (tertiary/aromatic N) is 1. The van der Waals surface area contributed by atoms with Gasteiger partial charge < -0.3 is 19.5 Å². The molecule has 1 aliphatic rings. The molecule has 0 amide bonds. The van der Waals surface area contributed by atoms with Crippen LogP contribution >= 0.6 is 0 Å². The van der Waals surface area contributed by atoms with Crippen molar-refractivity contribution < 1.29 is 32.2 Å². The first-order valence-corrected chi connectivity index (χ1v) is 11.3. The van der Waals surface area contributed by atoms with Gasteiger partial charge in [0.2, 0.25) is 0 Å². The lowest BCUT2D eigenvalue weighted by Gasteiger charge is -2.29. The highest BCUT2D eigenvalue weighted by Crippen LogP contribution is 2.27. The monoisotopic (exact) mass is 452 g/mol. The van der Waals surface area contributed by atoms with Crippen molar-refractivity contribution in [3.05, 3.63) is 47.8 Å². The Bertz CT molecular complexity index is 1040. The average molecular weight is 453 g/mol. The lowest BCUT2D eigenvalue weighted by Crippen LogP contribution is -2.36. The van der Waals surface area contributed by atoms with Gasteiger partial charge in [-0.3, -0.25) is 9.52 Å². The van der Waals surface area contributed by atoms with Crippen LogP contribution in [-0.4, -0.2) is 52.4 Å². The molecule has 0 unspecified atom stereocenters. The van der Waals surface area contributed by atoms with Gasteiger partial charge in [-0.15, -0.1) is 0 Å². The van der Waals surface area contributed by atoms with Crippen molar-refractivity contribution in [3.8, 4) is 5.75 Å². The number of nitrogens with one attached hydrogen (secondary N) is 1. The van der Waals surface area contributed by atoms with Gasteiger partial charge in [0.25, 0.3) is 10.0 Å². The molecular weight excluding hydrogens is 427 g/mol. The fourth-order valence-electron chi connectivity index (χ4n) is 3.16. The van der Waals surface area contributed by atoms with Crippen molar-refractivity contribution in [1.82, 2.24) is 0 Å². The van der Waals surface area contributed by atoms with Crippen molar-refractivity contribution in [2.24, 2.45) is 0 Å². The third-order valence-corrected chi connectivity index (χ3v) is 6.20. The van der Waals surface area contributed by atoms with Crippen LogP contribution in [0.4, 0.5) is 15.8 Å². The fraction of sp³-hybridized carbons (Fsp3) is 0.381. The van der Waals surface area contributed by atoms with Crippen LogP contribution in [0.5, 0.6) is 5.75 Å². The van der Waals surface area contributed by atoms with Crippen LogP contribution in [0.25, 0.3) is 0 Å². The normalized spacial score (nSPS) is 14.3. The molecule has 8 nitrogen and oxygen atoms in total. The number of carboxylic acid groups (broad SMARTS) is 1. The Hall–Kier alpha value is -2.85. The number of hydrogen-bond donors (Lipinski definition) is 2. The Kier molecular flexibility index (Phi) is 7.34. The van der Waals surface area contributed by atoms with E-state index in [1.807, 2.05) is 12.1 Å². The Morgan fingerprint density at radius 1 is 1.23 bits per heavy atom. The van der Waals surface area contributed by atoms with E-state index in [1.165, 1.54) is 12.1 Å². The molecule has 0 atom stereocenters. The summed E-state index contributed by atoms with van der Waals surface area (Å²) in [6.45, 7) is 4.66. The van der Waals surface area contributed by atoms with E-state index in [4.69, 9.17) is 14.6 Å². The van der Waals surface area contributed by atoms with Gasteiger partial charge in [-0.2, -0.15) is 0 Å². The third kappa shape index (κ3) is 6.08. The van der Waals surface area contributed by atoms with Gasteiger partial charge in [-0.1, -0.05) is 0 Å². The van der Waals surface area contributed by atoms with Crippen molar-refractivity contribution >= 4 is 27.4 Å². The number of sulfonamides is 1. The van der Waals surface area contributed by atoms with E-state index in [9.17, 15) is 17.6 Å². The molecule has 3 rings (SSSR count). The van der Waals surface area contributed by atoms with Crippen LogP contribution in [0.3, 0.4) is 0 Å². The highest BCUT2D eigenvalue weighted by atomic mass is 32.2. The van der Waals surface area contributed by atoms with Gasteiger partial charge in [0.05, 0.1) is 30.4 Å². The van der Waals surface area contributed by atoms with E-state index in [-0.39, 0.29) is 30.1 Å². The molecule has 168 valence electrons. The molecular formula is C21H25FN2O6S. The lowest BCUT2D eigenvalue weighted by molar-refractivity contribution is -0.137. The average Bonchev–Trinajstić information content (AvgIpc) is 2.74. The van der Waals surface area contributed by atoms with Gasteiger partial charge in [0, 0.05) is 25.2 Å². The molecule has 10 heteroatoms. The van der Waals surface area contributed by atoms with Crippen LogP contribution in [0.2, 0.25) is 0 Å². The highest BCUT2D eigenvalue weighted by molar-refractivity contribution is 7.92. The molecule has 0 aliphatic carbocycles. The topological polar surface area (TPSA) is 105 Å². The molecule has 1 fully saturated rings. The zero-order valence-corrected chi connectivity index (χ0v) is 18.0. The summed E-state index contributed by atoms with van der Waals surface area (Å²) in [5, 5.41) is 8.60. The minimum atomic E-state index is -4.01. The lowest BCUT2D eigenvalue weighted by atomic mass is 10.1. The number of hydrogen-bond acceptors (Lipinski definition) is 6. The van der Waals surface area contributed by atoms with Gasteiger partial charge in [0.15, 0.2) is 11.6 Å². The van der Waals surface area contributed by atoms with Crippen LogP contribution in [0.1, 0.15) is 18.4 Å². The van der Waals surface area contributed by atoms with E-state index in [0.717, 1.165) is 30.4 Å². The predicted octanol–water partition coefficient (Wildman–Crippen LogP) is 3.02. The van der Waals surface area contributed by atoms with Crippen LogP contribution < -0.4 is 14.4 Å². The zero-order valence-electron chi connectivity index (χ0n) is 17.1. The predicted molar refractivity (Wildman–Crippen MR) is 114 cm³/mol. The molecule has 1 saturated heterocycles. The molecule has 0 saturated carbocycles. The summed E-state index contributed by atoms with van der Waals surface area (Å²) in [5.41, 5.74) is 2.14. The first-order valence-electron chi connectivity index (χ1n) is 9.86. The summed E-state index contributed by atoms with van der Waals surface area (Å²) in [6.07, 6.45) is 0.123. The summed E-state index contributed by atoms with van der Waals surface area (Å²) < 4.78 is 52.8. The van der Waals surface area contributed by atoms with E-state index in [1.54, 1.807) is 13.0 Å². The summed E-state index contributed by atoms with van der Waals surface area (Å²) in [6, 6.07) is 8.78. The number of aryl methyl sites for hydroxylation is 1. The second-order valence-corrected chi connectivity index (χ2v) is 8.82. The Morgan fingerprint density at radius 2 is 1.97 bits per heavy atom. The van der Waals surface area contributed by atoms with Gasteiger partial charge in [-0.05, 0) is 55.3 Å². The number of halogens is 1. The van der Waals surface area contributed by atoms with Crippen molar-refractivity contribution in [1.29, 1.82) is 0 Å². The number of carbonyl (C=O) groups is 1. The molecule has 0 aromatic heterocycles. The van der Waals surface area contributed by atoms with Crippen molar-refractivity contribution in [2.45, 2.75) is 24.7 Å². The maximum absolute atomic E-state index is 14.3. The van der Waals surface area contributed by atoms with Gasteiger partial charge >= 0.3 is 5.97 Å². The number of carboxylic acids is 1. The summed E-state index contributed by atoms with van der Waals surface area (Å²) in [7, 11) is -4.01. The smallest absolute Gasteiger partial charge is 0.303 e. The maximum atomic E-state index is 14.3. The molecule has 0 spiro atoms. The Labute approximate surface area is 180 Å². The van der Waals surface area contributed by atoms with Crippen LogP contribution in [0, 0.1) is 12.7 Å². The van der Waals surface area contributed by atoms with E-state index in [2.05, 4.69) is 9.62 Å². The van der Waals surface area contributed by atoms with Gasteiger partial charge in [-0.25, -0.2) is 12.8 Å². The number of morpholine rings is 1. The largest absolute Gasteiger partial charge is 0.491 e. The first kappa shape index (κ1) is 22.8. The second kappa shape index (κ2) is 9.97. The summed E-state index contributed by atoms with van der Waals surface area (Å²) in [4.78, 5) is 12.4. The number of rotatable bonds is 9. The van der Waals surface area contributed by atoms with Crippen LogP contribution in [0.15, 0.2) is 41.3 Å².